The number of rotatable bonds is 3. The van der Waals surface area contributed by atoms with Crippen molar-refractivity contribution in [3.63, 3.8) is 0 Å². The Balaban J connectivity index is 1.32. The second-order valence-corrected chi connectivity index (χ2v) is 8.71. The van der Waals surface area contributed by atoms with Crippen LogP contribution in [0.25, 0.3) is 27.5 Å². The summed E-state index contributed by atoms with van der Waals surface area (Å²) in [6.07, 6.45) is 4.39. The molecule has 0 radical (unpaired) electrons. The maximum Gasteiger partial charge on any atom is 0.253 e. The second-order valence-electron chi connectivity index (χ2n) is 8.71. The molecule has 1 atom stereocenters. The van der Waals surface area contributed by atoms with Crippen molar-refractivity contribution in [2.75, 3.05) is 19.6 Å². The van der Waals surface area contributed by atoms with Crippen LogP contribution in [0.1, 0.15) is 23.2 Å². The van der Waals surface area contributed by atoms with Crippen LogP contribution < -0.4 is 5.32 Å². The molecule has 2 aromatic carbocycles. The number of benzene rings is 2. The summed E-state index contributed by atoms with van der Waals surface area (Å²) in [6, 6.07) is 23.5. The topological polar surface area (TPSA) is 36.8 Å². The van der Waals surface area contributed by atoms with E-state index in [1.165, 1.54) is 42.4 Å². The first kappa shape index (κ1) is 17.7. The molecule has 3 aliphatic heterocycles. The van der Waals surface area contributed by atoms with Gasteiger partial charge in [-0.05, 0) is 72.6 Å². The van der Waals surface area contributed by atoms with Crippen LogP contribution in [0.4, 0.5) is 0 Å². The van der Waals surface area contributed by atoms with Crippen molar-refractivity contribution in [3.8, 4) is 11.1 Å². The minimum atomic E-state index is 0.0477. The van der Waals surface area contributed by atoms with Gasteiger partial charge in [0.2, 0.25) is 0 Å². The van der Waals surface area contributed by atoms with Crippen LogP contribution >= 0.6 is 0 Å². The molecule has 7 rings (SSSR count). The Kier molecular flexibility index (Phi) is 4.13. The fourth-order valence-electron chi connectivity index (χ4n) is 5.21. The highest BCUT2D eigenvalue weighted by atomic mass is 16.1. The van der Waals surface area contributed by atoms with Crippen LogP contribution in [-0.4, -0.2) is 40.9 Å². The molecule has 150 valence electrons. The van der Waals surface area contributed by atoms with Crippen molar-refractivity contribution >= 4 is 22.3 Å². The molecule has 4 heteroatoms. The Labute approximate surface area is 176 Å². The van der Waals surface area contributed by atoms with E-state index in [9.17, 15) is 4.79 Å². The number of piperidine rings is 3. The highest BCUT2D eigenvalue weighted by Crippen LogP contribution is 2.29. The van der Waals surface area contributed by atoms with E-state index < -0.39 is 0 Å². The predicted molar refractivity (Wildman–Crippen MR) is 121 cm³/mol. The molecular formula is C26H25N3O. The molecule has 5 heterocycles. The maximum absolute atomic E-state index is 13.0. The normalized spacial score (nSPS) is 23.1. The lowest BCUT2D eigenvalue weighted by molar-refractivity contribution is 0.0620. The second kappa shape index (κ2) is 6.99. The molecule has 3 saturated heterocycles. The minimum absolute atomic E-state index is 0.0477. The van der Waals surface area contributed by atoms with Crippen molar-refractivity contribution in [1.82, 2.24) is 14.6 Å². The smallest absolute Gasteiger partial charge is 0.253 e. The van der Waals surface area contributed by atoms with Gasteiger partial charge in [-0.2, -0.15) is 0 Å². The van der Waals surface area contributed by atoms with Crippen LogP contribution in [-0.2, 0) is 0 Å². The first-order valence-electron chi connectivity index (χ1n) is 10.9. The summed E-state index contributed by atoms with van der Waals surface area (Å²) in [6.45, 7) is 3.36. The molecule has 4 aromatic rings. The molecule has 0 aliphatic carbocycles. The van der Waals surface area contributed by atoms with E-state index in [0.29, 0.717) is 5.92 Å². The number of carbonyl (C=O) groups excluding carboxylic acids is 1. The van der Waals surface area contributed by atoms with Crippen LogP contribution in [0.3, 0.4) is 0 Å². The summed E-state index contributed by atoms with van der Waals surface area (Å²) in [7, 11) is 0. The van der Waals surface area contributed by atoms with Gasteiger partial charge in [-0.15, -0.1) is 0 Å². The zero-order valence-corrected chi connectivity index (χ0v) is 16.9. The number of aromatic nitrogens is 1. The quantitative estimate of drug-likeness (QED) is 0.551. The summed E-state index contributed by atoms with van der Waals surface area (Å²) >= 11 is 0. The van der Waals surface area contributed by atoms with Gasteiger partial charge in [-0.1, -0.05) is 42.5 Å². The standard InChI is InChI=1S/C26H25N3O/c30-26(27-24-17-28-12-10-19(24)11-13-28)22-15-23-8-6-21-14-20(18-4-2-1-3-5-18)7-9-25(21)29(23)16-22/h1-9,14-16,19,24H,10-13,17H2,(H,27,30)/t24-/m0/s1. The number of amides is 1. The Morgan fingerprint density at radius 3 is 2.50 bits per heavy atom. The number of nitrogens with zero attached hydrogens (tertiary/aromatic N) is 2. The summed E-state index contributed by atoms with van der Waals surface area (Å²) in [5.41, 5.74) is 5.33. The third-order valence-electron chi connectivity index (χ3n) is 6.91. The summed E-state index contributed by atoms with van der Waals surface area (Å²) in [4.78, 5) is 15.5. The fourth-order valence-corrected chi connectivity index (χ4v) is 5.21. The summed E-state index contributed by atoms with van der Waals surface area (Å²) < 4.78 is 2.13. The van der Waals surface area contributed by atoms with Crippen molar-refractivity contribution in [2.45, 2.75) is 18.9 Å². The minimum Gasteiger partial charge on any atom is -0.348 e. The van der Waals surface area contributed by atoms with E-state index in [2.05, 4.69) is 69.2 Å². The SMILES string of the molecule is O=C(N[C@H]1CN2CCC1CC2)c1cc2ccc3cc(-c4ccccc4)ccc3n2c1. The highest BCUT2D eigenvalue weighted by Gasteiger charge is 2.35. The molecule has 2 bridgehead atoms. The fraction of sp³-hybridized carbons (Fsp3) is 0.269. The molecule has 4 nitrogen and oxygen atoms in total. The summed E-state index contributed by atoms with van der Waals surface area (Å²) in [5, 5.41) is 4.48. The average Bonchev–Trinajstić information content (AvgIpc) is 3.25. The van der Waals surface area contributed by atoms with E-state index in [4.69, 9.17) is 0 Å². The molecule has 1 N–H and O–H groups in total. The first-order chi connectivity index (χ1) is 14.7. The average molecular weight is 396 g/mol. The zero-order valence-electron chi connectivity index (χ0n) is 16.9. The number of nitrogens with one attached hydrogen (secondary N) is 1. The first-order valence-corrected chi connectivity index (χ1v) is 10.9. The van der Waals surface area contributed by atoms with E-state index >= 15 is 0 Å². The third-order valence-corrected chi connectivity index (χ3v) is 6.91. The van der Waals surface area contributed by atoms with Gasteiger partial charge in [0.05, 0.1) is 11.1 Å². The molecule has 2 aromatic heterocycles. The number of hydrogen-bond acceptors (Lipinski definition) is 2. The van der Waals surface area contributed by atoms with Gasteiger partial charge in [-0.25, -0.2) is 0 Å². The van der Waals surface area contributed by atoms with Crippen LogP contribution in [0.5, 0.6) is 0 Å². The van der Waals surface area contributed by atoms with Crippen molar-refractivity contribution in [3.05, 3.63) is 78.5 Å². The lowest BCUT2D eigenvalue weighted by Crippen LogP contribution is -2.57. The van der Waals surface area contributed by atoms with Crippen LogP contribution in [0, 0.1) is 5.92 Å². The highest BCUT2D eigenvalue weighted by molar-refractivity contribution is 5.97. The van der Waals surface area contributed by atoms with Gasteiger partial charge in [-0.3, -0.25) is 4.79 Å². The number of pyridine rings is 1. The molecule has 0 saturated carbocycles. The van der Waals surface area contributed by atoms with Crippen LogP contribution in [0.15, 0.2) is 72.9 Å². The maximum atomic E-state index is 13.0. The van der Waals surface area contributed by atoms with E-state index in [1.807, 2.05) is 18.3 Å². The Hall–Kier alpha value is -3.11. The third kappa shape index (κ3) is 2.99. The Bertz CT molecular complexity index is 1240. The van der Waals surface area contributed by atoms with Gasteiger partial charge in [0.15, 0.2) is 0 Å². The lowest BCUT2D eigenvalue weighted by Gasteiger charge is -2.44. The lowest BCUT2D eigenvalue weighted by atomic mass is 9.84. The van der Waals surface area contributed by atoms with Crippen molar-refractivity contribution < 1.29 is 4.79 Å². The van der Waals surface area contributed by atoms with Gasteiger partial charge >= 0.3 is 0 Å². The van der Waals surface area contributed by atoms with E-state index in [-0.39, 0.29) is 11.9 Å². The molecule has 1 amide bonds. The largest absolute Gasteiger partial charge is 0.348 e. The van der Waals surface area contributed by atoms with Crippen molar-refractivity contribution in [2.24, 2.45) is 5.92 Å². The van der Waals surface area contributed by atoms with E-state index in [1.54, 1.807) is 0 Å². The van der Waals surface area contributed by atoms with Gasteiger partial charge in [0, 0.05) is 24.3 Å². The van der Waals surface area contributed by atoms with Crippen molar-refractivity contribution in [1.29, 1.82) is 0 Å². The zero-order chi connectivity index (χ0) is 20.1. The Morgan fingerprint density at radius 2 is 1.73 bits per heavy atom. The predicted octanol–water partition coefficient (Wildman–Crippen LogP) is 4.58. The Morgan fingerprint density at radius 1 is 0.900 bits per heavy atom. The molecular weight excluding hydrogens is 370 g/mol. The summed E-state index contributed by atoms with van der Waals surface area (Å²) in [5.74, 6) is 0.680. The molecule has 0 spiro atoms. The molecule has 0 unspecified atom stereocenters. The van der Waals surface area contributed by atoms with E-state index in [0.717, 1.165) is 23.1 Å². The number of hydrogen-bond donors (Lipinski definition) is 1. The van der Waals surface area contributed by atoms with Gasteiger partial charge in [0.1, 0.15) is 0 Å². The monoisotopic (exact) mass is 395 g/mol. The molecule has 30 heavy (non-hydrogen) atoms. The number of carbonyl (C=O) groups is 1. The molecule has 3 aliphatic rings. The van der Waals surface area contributed by atoms with Gasteiger partial charge in [0.25, 0.3) is 5.91 Å². The molecule has 3 fully saturated rings. The van der Waals surface area contributed by atoms with Gasteiger partial charge < -0.3 is 14.6 Å². The van der Waals surface area contributed by atoms with Crippen LogP contribution in [0.2, 0.25) is 0 Å². The number of fused-ring (bicyclic) bond motifs is 6.